The van der Waals surface area contributed by atoms with Crippen molar-refractivity contribution in [1.29, 1.82) is 0 Å². The van der Waals surface area contributed by atoms with E-state index < -0.39 is 41.5 Å². The topological polar surface area (TPSA) is 86.9 Å². The maximum absolute atomic E-state index is 13.5. The first-order chi connectivity index (χ1) is 12.0. The third-order valence-corrected chi connectivity index (χ3v) is 3.44. The molecule has 0 spiro atoms. The highest BCUT2D eigenvalue weighted by Gasteiger charge is 2.16. The van der Waals surface area contributed by atoms with Gasteiger partial charge in [-0.05, 0) is 18.2 Å². The molecule has 1 aromatic heterocycles. The van der Waals surface area contributed by atoms with Crippen LogP contribution in [-0.4, -0.2) is 28.6 Å². The van der Waals surface area contributed by atoms with Crippen LogP contribution in [-0.2, 0) is 4.79 Å². The summed E-state index contributed by atoms with van der Waals surface area (Å²) in [5, 5.41) is 11.6. The second-order valence-electron chi connectivity index (χ2n) is 5.09. The lowest BCUT2D eigenvalue weighted by molar-refractivity contribution is -0.115. The largest absolute Gasteiger partial charge is 0.343 e. The Morgan fingerprint density at radius 1 is 1.08 bits per heavy atom. The van der Waals surface area contributed by atoms with Crippen LogP contribution in [0, 0.1) is 17.5 Å². The summed E-state index contributed by atoms with van der Waals surface area (Å²) in [5.41, 5.74) is 0.266. The second-order valence-corrected chi connectivity index (χ2v) is 5.09. The van der Waals surface area contributed by atoms with Gasteiger partial charge in [0.15, 0.2) is 17.5 Å². The molecule has 0 saturated heterocycles. The fourth-order valence-electron chi connectivity index (χ4n) is 2.23. The van der Waals surface area contributed by atoms with Crippen LogP contribution in [0.1, 0.15) is 10.4 Å². The van der Waals surface area contributed by atoms with E-state index in [0.717, 1.165) is 11.5 Å². The molecule has 3 aromatic rings. The summed E-state index contributed by atoms with van der Waals surface area (Å²) < 4.78 is 39.5. The molecule has 128 valence electrons. The van der Waals surface area contributed by atoms with Crippen molar-refractivity contribution in [1.82, 2.24) is 15.5 Å². The summed E-state index contributed by atoms with van der Waals surface area (Å²) in [6.45, 7) is -0.484. The summed E-state index contributed by atoms with van der Waals surface area (Å²) in [4.78, 5) is 23.9. The number of carbonyl (C=O) groups excluding carboxylic acids is 2. The zero-order chi connectivity index (χ0) is 18.0. The summed E-state index contributed by atoms with van der Waals surface area (Å²) in [5.74, 6) is -5.91. The number of nitrogens with one attached hydrogen (secondary N) is 3. The molecule has 0 fully saturated rings. The zero-order valence-corrected chi connectivity index (χ0v) is 12.6. The van der Waals surface area contributed by atoms with Crippen molar-refractivity contribution in [2.24, 2.45) is 0 Å². The first-order valence-electron chi connectivity index (χ1n) is 7.11. The van der Waals surface area contributed by atoms with Gasteiger partial charge in [-0.3, -0.25) is 14.7 Å². The molecule has 2 amide bonds. The molecule has 25 heavy (non-hydrogen) atoms. The van der Waals surface area contributed by atoms with Crippen LogP contribution in [0.2, 0.25) is 0 Å². The highest BCUT2D eigenvalue weighted by atomic mass is 19.2. The first kappa shape index (κ1) is 16.5. The Hall–Kier alpha value is -3.36. The van der Waals surface area contributed by atoms with Gasteiger partial charge in [0, 0.05) is 5.39 Å². The van der Waals surface area contributed by atoms with Gasteiger partial charge in [-0.1, -0.05) is 12.1 Å². The number of hydrogen-bond acceptors (Lipinski definition) is 3. The van der Waals surface area contributed by atoms with Gasteiger partial charge in [-0.15, -0.1) is 0 Å². The monoisotopic (exact) mass is 348 g/mol. The van der Waals surface area contributed by atoms with Crippen LogP contribution in [0.4, 0.5) is 18.9 Å². The number of rotatable bonds is 4. The molecule has 3 rings (SSSR count). The number of nitrogens with zero attached hydrogens (tertiary/aromatic N) is 1. The normalized spacial score (nSPS) is 10.7. The Morgan fingerprint density at radius 2 is 1.88 bits per heavy atom. The van der Waals surface area contributed by atoms with E-state index in [1.807, 2.05) is 0 Å². The Bertz CT molecular complexity index is 971. The predicted molar refractivity (Wildman–Crippen MR) is 83.4 cm³/mol. The Labute approximate surface area is 139 Å². The lowest BCUT2D eigenvalue weighted by Crippen LogP contribution is -2.33. The van der Waals surface area contributed by atoms with Crippen molar-refractivity contribution in [2.75, 3.05) is 11.9 Å². The van der Waals surface area contributed by atoms with Crippen molar-refractivity contribution in [3.8, 4) is 0 Å². The highest BCUT2D eigenvalue weighted by Crippen LogP contribution is 2.19. The maximum Gasteiger partial charge on any atom is 0.253 e. The van der Waals surface area contributed by atoms with E-state index >= 15 is 0 Å². The minimum atomic E-state index is -1.69. The lowest BCUT2D eigenvalue weighted by Gasteiger charge is -2.09. The molecule has 9 heteroatoms. The molecule has 1 heterocycles. The van der Waals surface area contributed by atoms with E-state index in [-0.39, 0.29) is 5.56 Å². The molecule has 0 bridgehead atoms. The third kappa shape index (κ3) is 3.30. The molecule has 0 saturated carbocycles. The number of carbonyl (C=O) groups is 2. The first-order valence-corrected chi connectivity index (χ1v) is 7.11. The molecule has 0 atom stereocenters. The van der Waals surface area contributed by atoms with Gasteiger partial charge in [-0.2, -0.15) is 5.10 Å². The van der Waals surface area contributed by atoms with E-state index in [1.54, 1.807) is 24.4 Å². The molecule has 0 radical (unpaired) electrons. The van der Waals surface area contributed by atoms with Crippen LogP contribution in [0.25, 0.3) is 10.9 Å². The Morgan fingerprint density at radius 3 is 2.68 bits per heavy atom. The van der Waals surface area contributed by atoms with Crippen LogP contribution >= 0.6 is 0 Å². The number of benzene rings is 2. The molecule has 2 aromatic carbocycles. The summed E-state index contributed by atoms with van der Waals surface area (Å²) >= 11 is 0. The molecule has 0 aliphatic rings. The standard InChI is InChI=1S/C16H11F3N4O2/c17-10-4-5-11(14(19)13(10)18)22-12(24)7-20-16(25)9-3-1-2-8-6-21-23-15(8)9/h1-6H,7H2,(H,20,25)(H,21,23)(H,22,24). The molecule has 0 aliphatic carbocycles. The number of anilines is 1. The van der Waals surface area contributed by atoms with Crippen LogP contribution in [0.15, 0.2) is 36.5 Å². The Kier molecular flexibility index (Phi) is 4.38. The number of aromatic amines is 1. The van der Waals surface area contributed by atoms with E-state index in [0.29, 0.717) is 11.6 Å². The van der Waals surface area contributed by atoms with Gasteiger partial charge in [-0.25, -0.2) is 13.2 Å². The molecule has 0 aliphatic heterocycles. The minimum Gasteiger partial charge on any atom is -0.343 e. The second kappa shape index (κ2) is 6.63. The van der Waals surface area contributed by atoms with Gasteiger partial charge in [0.05, 0.1) is 29.5 Å². The van der Waals surface area contributed by atoms with Crippen LogP contribution in [0.3, 0.4) is 0 Å². The average Bonchev–Trinajstić information content (AvgIpc) is 3.09. The zero-order valence-electron chi connectivity index (χ0n) is 12.6. The number of amides is 2. The van der Waals surface area contributed by atoms with E-state index in [9.17, 15) is 22.8 Å². The van der Waals surface area contributed by atoms with Gasteiger partial charge in [0.2, 0.25) is 5.91 Å². The highest BCUT2D eigenvalue weighted by molar-refractivity contribution is 6.06. The minimum absolute atomic E-state index is 0.279. The fraction of sp³-hybridized carbons (Fsp3) is 0.0625. The fourth-order valence-corrected chi connectivity index (χ4v) is 2.23. The van der Waals surface area contributed by atoms with Gasteiger partial charge in [0.25, 0.3) is 5.91 Å². The average molecular weight is 348 g/mol. The third-order valence-electron chi connectivity index (χ3n) is 3.44. The number of halogens is 3. The molecule has 0 unspecified atom stereocenters. The van der Waals surface area contributed by atoms with Gasteiger partial charge in [0.1, 0.15) is 0 Å². The molecular formula is C16H11F3N4O2. The lowest BCUT2D eigenvalue weighted by atomic mass is 10.1. The van der Waals surface area contributed by atoms with Crippen LogP contribution in [0.5, 0.6) is 0 Å². The summed E-state index contributed by atoms with van der Waals surface area (Å²) in [6.07, 6.45) is 1.55. The molecule has 3 N–H and O–H groups in total. The van der Waals surface area contributed by atoms with Crippen molar-refractivity contribution in [3.05, 3.63) is 59.5 Å². The quantitative estimate of drug-likeness (QED) is 0.633. The summed E-state index contributed by atoms with van der Waals surface area (Å²) in [7, 11) is 0. The number of para-hydroxylation sites is 1. The number of aromatic nitrogens is 2. The van der Waals surface area contributed by atoms with Crippen molar-refractivity contribution >= 4 is 28.4 Å². The van der Waals surface area contributed by atoms with Crippen LogP contribution < -0.4 is 10.6 Å². The predicted octanol–water partition coefficient (Wildman–Crippen LogP) is 2.35. The smallest absolute Gasteiger partial charge is 0.253 e. The molecule has 6 nitrogen and oxygen atoms in total. The van der Waals surface area contributed by atoms with E-state index in [4.69, 9.17) is 0 Å². The van der Waals surface area contributed by atoms with Gasteiger partial charge < -0.3 is 10.6 Å². The molecular weight excluding hydrogens is 337 g/mol. The SMILES string of the molecule is O=C(CNC(=O)c1cccc2cn[nH]c12)Nc1ccc(F)c(F)c1F. The van der Waals surface area contributed by atoms with E-state index in [1.165, 1.54) is 0 Å². The van der Waals surface area contributed by atoms with Gasteiger partial charge >= 0.3 is 0 Å². The summed E-state index contributed by atoms with van der Waals surface area (Å²) in [6, 6.07) is 6.53. The van der Waals surface area contributed by atoms with E-state index in [2.05, 4.69) is 20.8 Å². The van der Waals surface area contributed by atoms with Crippen molar-refractivity contribution in [3.63, 3.8) is 0 Å². The maximum atomic E-state index is 13.5. The van der Waals surface area contributed by atoms with Crippen molar-refractivity contribution in [2.45, 2.75) is 0 Å². The van der Waals surface area contributed by atoms with Crippen molar-refractivity contribution < 1.29 is 22.8 Å². The number of fused-ring (bicyclic) bond motifs is 1. The Balaban J connectivity index is 1.65. The number of hydrogen-bond donors (Lipinski definition) is 3. The number of H-pyrrole nitrogens is 1.